The Bertz CT molecular complexity index is 1580. The number of allylic oxidation sites excluding steroid dienone is 1. The van der Waals surface area contributed by atoms with Crippen LogP contribution in [0.15, 0.2) is 63.5 Å². The van der Waals surface area contributed by atoms with Gasteiger partial charge in [-0.05, 0) is 62.2 Å². The molecular weight excluding hydrogens is 508 g/mol. The molecule has 0 saturated heterocycles. The van der Waals surface area contributed by atoms with E-state index < -0.39 is 18.0 Å². The normalized spacial score (nSPS) is 15.0. The third-order valence-corrected chi connectivity index (χ3v) is 6.75. The second-order valence-electron chi connectivity index (χ2n) is 8.31. The topological polar surface area (TPSA) is 105 Å². The molecule has 4 rings (SSSR count). The largest absolute Gasteiger partial charge is 0.494 e. The highest BCUT2D eigenvalue weighted by Gasteiger charge is 2.34. The molecule has 1 atom stereocenters. The Morgan fingerprint density at radius 1 is 1.08 bits per heavy atom. The second kappa shape index (κ2) is 11.5. The van der Waals surface area contributed by atoms with E-state index in [2.05, 4.69) is 4.99 Å². The number of fused-ring (bicyclic) bond motifs is 1. The average molecular weight is 537 g/mol. The molecule has 3 aromatic rings. The molecule has 0 N–H and O–H groups in total. The lowest BCUT2D eigenvalue weighted by Gasteiger charge is -2.25. The number of hydrogen-bond donors (Lipinski definition) is 0. The fraction of sp³-hybridized carbons (Fsp3) is 0.286. The van der Waals surface area contributed by atoms with Crippen molar-refractivity contribution in [1.82, 2.24) is 4.57 Å². The van der Waals surface area contributed by atoms with Gasteiger partial charge in [-0.3, -0.25) is 14.2 Å². The highest BCUT2D eigenvalue weighted by molar-refractivity contribution is 7.07. The molecule has 0 amide bonds. The summed E-state index contributed by atoms with van der Waals surface area (Å²) in [7, 11) is 1.45. The van der Waals surface area contributed by atoms with Gasteiger partial charge in [0.1, 0.15) is 5.75 Å². The van der Waals surface area contributed by atoms with Gasteiger partial charge in [-0.15, -0.1) is 0 Å². The first-order chi connectivity index (χ1) is 18.3. The Hall–Kier alpha value is -4.18. The second-order valence-corrected chi connectivity index (χ2v) is 9.32. The van der Waals surface area contributed by atoms with Gasteiger partial charge in [0.2, 0.25) is 0 Å². The van der Waals surface area contributed by atoms with Crippen molar-refractivity contribution in [2.45, 2.75) is 33.7 Å². The summed E-state index contributed by atoms with van der Waals surface area (Å²) in [6, 6.07) is 11.5. The van der Waals surface area contributed by atoms with E-state index in [4.69, 9.17) is 18.9 Å². The van der Waals surface area contributed by atoms with Crippen molar-refractivity contribution in [3.05, 3.63) is 84.5 Å². The lowest BCUT2D eigenvalue weighted by molar-refractivity contribution is -0.139. The van der Waals surface area contributed by atoms with Crippen molar-refractivity contribution in [1.29, 1.82) is 0 Å². The lowest BCUT2D eigenvalue weighted by Crippen LogP contribution is -2.40. The fourth-order valence-electron chi connectivity index (χ4n) is 4.18. The van der Waals surface area contributed by atoms with Crippen molar-refractivity contribution in [2.24, 2.45) is 4.99 Å². The van der Waals surface area contributed by atoms with Crippen LogP contribution >= 0.6 is 11.3 Å². The summed E-state index contributed by atoms with van der Waals surface area (Å²) in [5.41, 5.74) is 1.79. The van der Waals surface area contributed by atoms with E-state index in [1.54, 1.807) is 38.1 Å². The van der Waals surface area contributed by atoms with Crippen LogP contribution in [0.5, 0.6) is 17.2 Å². The molecule has 2 heterocycles. The van der Waals surface area contributed by atoms with E-state index in [-0.39, 0.29) is 29.2 Å². The maximum absolute atomic E-state index is 13.8. The van der Waals surface area contributed by atoms with E-state index in [0.717, 1.165) is 11.3 Å². The standard InChI is InChI=1S/C28H28N2O7S/c1-6-35-20-11-8-18(9-12-20)14-23-26(32)30-25(19-10-13-21(37-17(4)31)22(15-19)34-5)24(27(33)36-7-2)16(3)29-28(30)38-23/h8-15,25H,6-7H2,1-5H3/b23-14-. The maximum Gasteiger partial charge on any atom is 0.338 e. The Labute approximate surface area is 223 Å². The molecule has 1 aromatic heterocycles. The number of carbonyl (C=O) groups excluding carboxylic acids is 2. The average Bonchev–Trinajstić information content (AvgIpc) is 3.18. The molecule has 1 aliphatic heterocycles. The van der Waals surface area contributed by atoms with Crippen LogP contribution in [0.3, 0.4) is 0 Å². The number of hydrogen-bond acceptors (Lipinski definition) is 9. The van der Waals surface area contributed by atoms with Crippen LogP contribution in [-0.4, -0.2) is 36.8 Å². The molecule has 0 spiro atoms. The van der Waals surface area contributed by atoms with Crippen molar-refractivity contribution < 1.29 is 28.5 Å². The predicted octanol–water partition coefficient (Wildman–Crippen LogP) is 3.13. The minimum atomic E-state index is -0.826. The van der Waals surface area contributed by atoms with Gasteiger partial charge < -0.3 is 18.9 Å². The highest BCUT2D eigenvalue weighted by Crippen LogP contribution is 2.36. The van der Waals surface area contributed by atoms with Crippen LogP contribution in [0.1, 0.15) is 44.9 Å². The molecular formula is C28H28N2O7S. The number of benzene rings is 2. The number of methoxy groups -OCH3 is 1. The lowest BCUT2D eigenvalue weighted by atomic mass is 9.95. The van der Waals surface area contributed by atoms with E-state index in [9.17, 15) is 14.4 Å². The Morgan fingerprint density at radius 2 is 1.82 bits per heavy atom. The van der Waals surface area contributed by atoms with Gasteiger partial charge in [0.05, 0.1) is 42.2 Å². The first-order valence-corrected chi connectivity index (χ1v) is 12.9. The van der Waals surface area contributed by atoms with E-state index >= 15 is 0 Å². The Kier molecular flexibility index (Phi) is 8.11. The summed E-state index contributed by atoms with van der Waals surface area (Å²) in [4.78, 5) is 43.4. The fourth-order valence-corrected chi connectivity index (χ4v) is 5.23. The Balaban J connectivity index is 1.90. The van der Waals surface area contributed by atoms with Crippen LogP contribution in [0, 0.1) is 0 Å². The maximum atomic E-state index is 13.8. The zero-order chi connectivity index (χ0) is 27.4. The number of thiazole rings is 1. The first-order valence-electron chi connectivity index (χ1n) is 12.1. The summed E-state index contributed by atoms with van der Waals surface area (Å²) >= 11 is 1.23. The smallest absolute Gasteiger partial charge is 0.338 e. The molecule has 0 radical (unpaired) electrons. The van der Waals surface area contributed by atoms with Gasteiger partial charge in [-0.1, -0.05) is 29.5 Å². The minimum Gasteiger partial charge on any atom is -0.494 e. The highest BCUT2D eigenvalue weighted by atomic mass is 32.1. The molecule has 1 unspecified atom stereocenters. The van der Waals surface area contributed by atoms with Gasteiger partial charge in [-0.25, -0.2) is 9.79 Å². The van der Waals surface area contributed by atoms with Gasteiger partial charge >= 0.3 is 11.9 Å². The molecule has 198 valence electrons. The number of ether oxygens (including phenoxy) is 4. The van der Waals surface area contributed by atoms with E-state index in [0.29, 0.717) is 27.2 Å². The van der Waals surface area contributed by atoms with E-state index in [1.807, 2.05) is 31.2 Å². The van der Waals surface area contributed by atoms with Crippen LogP contribution in [-0.2, 0) is 14.3 Å². The van der Waals surface area contributed by atoms with Gasteiger partial charge in [0, 0.05) is 6.92 Å². The molecule has 0 fully saturated rings. The zero-order valence-electron chi connectivity index (χ0n) is 21.8. The van der Waals surface area contributed by atoms with Crippen LogP contribution < -0.4 is 29.1 Å². The molecule has 38 heavy (non-hydrogen) atoms. The summed E-state index contributed by atoms with van der Waals surface area (Å²) in [5, 5.41) is 0. The molecule has 0 saturated carbocycles. The van der Waals surface area contributed by atoms with Crippen molar-refractivity contribution in [3.8, 4) is 17.2 Å². The molecule has 10 heteroatoms. The van der Waals surface area contributed by atoms with Crippen LogP contribution in [0.4, 0.5) is 0 Å². The molecule has 9 nitrogen and oxygen atoms in total. The number of esters is 2. The number of rotatable bonds is 8. The summed E-state index contributed by atoms with van der Waals surface area (Å²) in [6.45, 7) is 7.36. The van der Waals surface area contributed by atoms with E-state index in [1.165, 1.54) is 29.9 Å². The first kappa shape index (κ1) is 26.9. The third kappa shape index (κ3) is 5.40. The van der Waals surface area contributed by atoms with Crippen molar-refractivity contribution >= 4 is 29.4 Å². The summed E-state index contributed by atoms with van der Waals surface area (Å²) in [6.07, 6.45) is 1.78. The monoisotopic (exact) mass is 536 g/mol. The van der Waals surface area contributed by atoms with Gasteiger partial charge in [0.25, 0.3) is 5.56 Å². The Morgan fingerprint density at radius 3 is 2.45 bits per heavy atom. The van der Waals surface area contributed by atoms with Crippen molar-refractivity contribution in [3.63, 3.8) is 0 Å². The van der Waals surface area contributed by atoms with Gasteiger partial charge in [0.15, 0.2) is 16.3 Å². The molecule has 2 aromatic carbocycles. The molecule has 0 aliphatic carbocycles. The molecule has 0 bridgehead atoms. The van der Waals surface area contributed by atoms with Crippen LogP contribution in [0.2, 0.25) is 0 Å². The van der Waals surface area contributed by atoms with Crippen molar-refractivity contribution in [2.75, 3.05) is 20.3 Å². The molecule has 1 aliphatic rings. The van der Waals surface area contributed by atoms with Gasteiger partial charge in [-0.2, -0.15) is 0 Å². The predicted molar refractivity (Wildman–Crippen MR) is 142 cm³/mol. The number of nitrogens with zero attached hydrogens (tertiary/aromatic N) is 2. The van der Waals surface area contributed by atoms with Crippen LogP contribution in [0.25, 0.3) is 6.08 Å². The summed E-state index contributed by atoms with van der Waals surface area (Å²) in [5.74, 6) is 0.188. The third-order valence-electron chi connectivity index (χ3n) is 5.76. The number of carbonyl (C=O) groups is 2. The summed E-state index contributed by atoms with van der Waals surface area (Å²) < 4.78 is 23.5. The SMILES string of the molecule is CCOC(=O)C1=C(C)N=c2s/c(=C\c3ccc(OCC)cc3)c(=O)n2C1c1ccc(OC(C)=O)c(OC)c1. The zero-order valence-corrected chi connectivity index (χ0v) is 22.6. The quantitative estimate of drug-likeness (QED) is 0.322. The minimum absolute atomic E-state index is 0.166. The number of aromatic nitrogens is 1.